The molecule has 118 valence electrons. The highest BCUT2D eigenvalue weighted by atomic mass is 16.5. The van der Waals surface area contributed by atoms with Crippen LogP contribution < -0.4 is 0 Å². The van der Waals surface area contributed by atoms with Crippen molar-refractivity contribution in [1.82, 2.24) is 24.8 Å². The van der Waals surface area contributed by atoms with Crippen LogP contribution in [0.5, 0.6) is 0 Å². The monoisotopic (exact) mass is 303 g/mol. The van der Waals surface area contributed by atoms with Crippen LogP contribution in [-0.4, -0.2) is 43.8 Å². The summed E-state index contributed by atoms with van der Waals surface area (Å²) in [5.41, 5.74) is 1.24. The van der Waals surface area contributed by atoms with Crippen LogP contribution in [0.25, 0.3) is 0 Å². The first-order valence-electron chi connectivity index (χ1n) is 7.59. The highest BCUT2D eigenvalue weighted by Crippen LogP contribution is 2.25. The van der Waals surface area contributed by atoms with Gasteiger partial charge in [-0.05, 0) is 40.5 Å². The Bertz CT molecular complexity index is 683. The standard InChI is InChI=1S/C15H21N5O2/c1-9-14(10(2)22-18-9)15(21)19-7-5-6-13(8-19)20-12(4)16-11(3)17-20/h13H,5-8H2,1-4H3/t13-/m0/s1. The van der Waals surface area contributed by atoms with E-state index in [1.165, 1.54) is 0 Å². The zero-order chi connectivity index (χ0) is 15.9. The number of rotatable bonds is 2. The molecule has 1 saturated heterocycles. The molecule has 7 heteroatoms. The second kappa shape index (κ2) is 5.55. The molecule has 1 atom stereocenters. The van der Waals surface area contributed by atoms with Crippen molar-refractivity contribution in [3.63, 3.8) is 0 Å². The van der Waals surface area contributed by atoms with Crippen LogP contribution in [0.4, 0.5) is 0 Å². The minimum Gasteiger partial charge on any atom is -0.361 e. The van der Waals surface area contributed by atoms with E-state index < -0.39 is 0 Å². The summed E-state index contributed by atoms with van der Waals surface area (Å²) in [7, 11) is 0. The van der Waals surface area contributed by atoms with Gasteiger partial charge in [-0.25, -0.2) is 9.67 Å². The van der Waals surface area contributed by atoms with Crippen LogP contribution in [0.15, 0.2) is 4.52 Å². The molecule has 22 heavy (non-hydrogen) atoms. The average molecular weight is 303 g/mol. The van der Waals surface area contributed by atoms with Gasteiger partial charge < -0.3 is 9.42 Å². The Balaban J connectivity index is 1.81. The normalized spacial score (nSPS) is 18.7. The number of hydrogen-bond acceptors (Lipinski definition) is 5. The predicted molar refractivity (Wildman–Crippen MR) is 79.6 cm³/mol. The van der Waals surface area contributed by atoms with Crippen molar-refractivity contribution < 1.29 is 9.32 Å². The maximum Gasteiger partial charge on any atom is 0.259 e. The number of nitrogens with zero attached hydrogens (tertiary/aromatic N) is 5. The highest BCUT2D eigenvalue weighted by Gasteiger charge is 2.30. The number of piperidine rings is 1. The van der Waals surface area contributed by atoms with Gasteiger partial charge in [0.2, 0.25) is 0 Å². The van der Waals surface area contributed by atoms with Crippen molar-refractivity contribution in [2.75, 3.05) is 13.1 Å². The smallest absolute Gasteiger partial charge is 0.259 e. The van der Waals surface area contributed by atoms with E-state index >= 15 is 0 Å². The van der Waals surface area contributed by atoms with Gasteiger partial charge in [-0.2, -0.15) is 5.10 Å². The van der Waals surface area contributed by atoms with Crippen molar-refractivity contribution in [2.45, 2.75) is 46.6 Å². The quantitative estimate of drug-likeness (QED) is 0.847. The molecule has 7 nitrogen and oxygen atoms in total. The lowest BCUT2D eigenvalue weighted by Gasteiger charge is -2.33. The van der Waals surface area contributed by atoms with Crippen LogP contribution in [0.2, 0.25) is 0 Å². The molecule has 0 unspecified atom stereocenters. The molecule has 0 aliphatic carbocycles. The molecule has 0 spiro atoms. The first kappa shape index (κ1) is 14.7. The summed E-state index contributed by atoms with van der Waals surface area (Å²) in [5.74, 6) is 2.24. The minimum atomic E-state index is -0.00422. The van der Waals surface area contributed by atoms with E-state index in [2.05, 4.69) is 15.2 Å². The van der Waals surface area contributed by atoms with Gasteiger partial charge in [0.25, 0.3) is 5.91 Å². The maximum absolute atomic E-state index is 12.8. The van der Waals surface area contributed by atoms with E-state index in [9.17, 15) is 4.79 Å². The fraction of sp³-hybridized carbons (Fsp3) is 0.600. The summed E-state index contributed by atoms with van der Waals surface area (Å²) < 4.78 is 7.06. The van der Waals surface area contributed by atoms with Crippen LogP contribution in [-0.2, 0) is 0 Å². The minimum absolute atomic E-state index is 0.00422. The molecule has 0 bridgehead atoms. The Kier molecular flexibility index (Phi) is 3.72. The first-order valence-corrected chi connectivity index (χ1v) is 7.59. The van der Waals surface area contributed by atoms with Gasteiger partial charge in [0.15, 0.2) is 0 Å². The number of carbonyl (C=O) groups is 1. The van der Waals surface area contributed by atoms with Crippen molar-refractivity contribution in [3.8, 4) is 0 Å². The predicted octanol–water partition coefficient (Wildman–Crippen LogP) is 1.98. The molecule has 2 aromatic heterocycles. The Morgan fingerprint density at radius 3 is 2.64 bits per heavy atom. The van der Waals surface area contributed by atoms with Gasteiger partial charge in [-0.15, -0.1) is 0 Å². The van der Waals surface area contributed by atoms with E-state index in [0.29, 0.717) is 23.6 Å². The summed E-state index contributed by atoms with van der Waals surface area (Å²) >= 11 is 0. The van der Waals surface area contributed by atoms with Gasteiger partial charge in [0, 0.05) is 13.1 Å². The van der Waals surface area contributed by atoms with Gasteiger partial charge in [-0.1, -0.05) is 5.16 Å². The zero-order valence-corrected chi connectivity index (χ0v) is 13.5. The van der Waals surface area contributed by atoms with Gasteiger partial charge >= 0.3 is 0 Å². The van der Waals surface area contributed by atoms with Crippen molar-refractivity contribution in [1.29, 1.82) is 0 Å². The van der Waals surface area contributed by atoms with E-state index in [0.717, 1.165) is 31.0 Å². The van der Waals surface area contributed by atoms with Crippen LogP contribution in [0.1, 0.15) is 52.3 Å². The molecule has 1 amide bonds. The lowest BCUT2D eigenvalue weighted by atomic mass is 10.0. The molecule has 2 aromatic rings. The molecule has 1 fully saturated rings. The number of hydrogen-bond donors (Lipinski definition) is 0. The summed E-state index contributed by atoms with van der Waals surface area (Å²) in [6.45, 7) is 8.82. The van der Waals surface area contributed by atoms with Gasteiger partial charge in [0.05, 0.1) is 11.7 Å². The third-order valence-electron chi connectivity index (χ3n) is 4.18. The third kappa shape index (κ3) is 2.51. The van der Waals surface area contributed by atoms with Crippen LogP contribution in [0, 0.1) is 27.7 Å². The zero-order valence-electron chi connectivity index (χ0n) is 13.5. The van der Waals surface area contributed by atoms with E-state index in [4.69, 9.17) is 4.52 Å². The average Bonchev–Trinajstić information content (AvgIpc) is 3.00. The third-order valence-corrected chi connectivity index (χ3v) is 4.18. The summed E-state index contributed by atoms with van der Waals surface area (Å²) in [6.07, 6.45) is 1.97. The molecule has 0 aromatic carbocycles. The van der Waals surface area contributed by atoms with Crippen LogP contribution >= 0.6 is 0 Å². The lowest BCUT2D eigenvalue weighted by Crippen LogP contribution is -2.41. The van der Waals surface area contributed by atoms with Gasteiger partial charge in [-0.3, -0.25) is 4.79 Å². The Morgan fingerprint density at radius 2 is 2.05 bits per heavy atom. The number of aromatic nitrogens is 4. The largest absolute Gasteiger partial charge is 0.361 e. The highest BCUT2D eigenvalue weighted by molar-refractivity contribution is 5.96. The van der Waals surface area contributed by atoms with E-state index in [1.54, 1.807) is 13.8 Å². The first-order chi connectivity index (χ1) is 10.5. The molecule has 3 heterocycles. The Hall–Kier alpha value is -2.18. The molecular formula is C15H21N5O2. The van der Waals surface area contributed by atoms with Crippen molar-refractivity contribution >= 4 is 5.91 Å². The number of carbonyl (C=O) groups excluding carboxylic acids is 1. The van der Waals surface area contributed by atoms with E-state index in [-0.39, 0.29) is 11.9 Å². The fourth-order valence-corrected chi connectivity index (χ4v) is 3.17. The fourth-order valence-electron chi connectivity index (χ4n) is 3.17. The second-order valence-electron chi connectivity index (χ2n) is 5.90. The summed E-state index contributed by atoms with van der Waals surface area (Å²) in [6, 6.07) is 0.180. The molecular weight excluding hydrogens is 282 g/mol. The molecule has 1 aliphatic heterocycles. The molecule has 0 N–H and O–H groups in total. The molecule has 0 saturated carbocycles. The SMILES string of the molecule is Cc1nc(C)n([C@H]2CCCN(C(=O)c3c(C)noc3C)C2)n1. The molecule has 0 radical (unpaired) electrons. The summed E-state index contributed by atoms with van der Waals surface area (Å²) in [4.78, 5) is 19.0. The topological polar surface area (TPSA) is 77.0 Å². The van der Waals surface area contributed by atoms with Crippen LogP contribution in [0.3, 0.4) is 0 Å². The van der Waals surface area contributed by atoms with Gasteiger partial charge in [0.1, 0.15) is 23.0 Å². The lowest BCUT2D eigenvalue weighted by molar-refractivity contribution is 0.0669. The summed E-state index contributed by atoms with van der Waals surface area (Å²) in [5, 5.41) is 8.34. The Morgan fingerprint density at radius 1 is 1.27 bits per heavy atom. The second-order valence-corrected chi connectivity index (χ2v) is 5.90. The molecule has 1 aliphatic rings. The number of amides is 1. The van der Waals surface area contributed by atoms with E-state index in [1.807, 2.05) is 23.4 Å². The van der Waals surface area contributed by atoms with Crippen molar-refractivity contribution in [3.05, 3.63) is 28.7 Å². The Labute approximate surface area is 129 Å². The number of likely N-dealkylation sites (tertiary alicyclic amines) is 1. The van der Waals surface area contributed by atoms with Crippen molar-refractivity contribution in [2.24, 2.45) is 0 Å². The molecule has 3 rings (SSSR count). The number of aryl methyl sites for hydroxylation is 4. The maximum atomic E-state index is 12.8.